The normalized spacial score (nSPS) is 19.9. The topological polar surface area (TPSA) is 132 Å². The first-order valence-corrected chi connectivity index (χ1v) is 4.89. The first-order valence-electron chi connectivity index (χ1n) is 4.89. The number of aliphatic hydroxyl groups is 4. The van der Waals surface area contributed by atoms with E-state index in [1.54, 1.807) is 0 Å². The number of Topliss-reactive ketones (excluding diaryl/α,β-unsaturated/α-hetero) is 3. The fraction of sp³-hybridized carbons (Fsp3) is 0.700. The van der Waals surface area contributed by atoms with Crippen LogP contribution in [0.3, 0.4) is 0 Å². The number of rotatable bonds is 6. The van der Waals surface area contributed by atoms with Gasteiger partial charge in [0.25, 0.3) is 0 Å². The van der Waals surface area contributed by atoms with Crippen LogP contribution in [0.5, 0.6) is 0 Å². The van der Waals surface area contributed by atoms with Gasteiger partial charge in [-0.25, -0.2) is 0 Å². The molecule has 0 saturated heterocycles. The van der Waals surface area contributed by atoms with Gasteiger partial charge in [0.15, 0.2) is 11.6 Å². The SMILES string of the molecule is CC(=O)C(=O)[C@](O)(C(C)=O)[C@H](O)[C@H](O)[C@H](C)O. The van der Waals surface area contributed by atoms with Gasteiger partial charge in [0, 0.05) is 6.92 Å². The third-order valence-corrected chi connectivity index (χ3v) is 2.45. The van der Waals surface area contributed by atoms with Gasteiger partial charge < -0.3 is 20.4 Å². The summed E-state index contributed by atoms with van der Waals surface area (Å²) in [6, 6.07) is 0. The third kappa shape index (κ3) is 2.95. The monoisotopic (exact) mass is 248 g/mol. The van der Waals surface area contributed by atoms with Crippen molar-refractivity contribution >= 4 is 17.3 Å². The Morgan fingerprint density at radius 3 is 1.71 bits per heavy atom. The number of aliphatic hydroxyl groups excluding tert-OH is 3. The van der Waals surface area contributed by atoms with E-state index in [9.17, 15) is 29.7 Å². The molecular weight excluding hydrogens is 232 g/mol. The van der Waals surface area contributed by atoms with Gasteiger partial charge in [-0.05, 0) is 13.8 Å². The van der Waals surface area contributed by atoms with Crippen LogP contribution in [-0.2, 0) is 14.4 Å². The van der Waals surface area contributed by atoms with Crippen molar-refractivity contribution in [2.45, 2.75) is 44.7 Å². The molecule has 7 heteroatoms. The standard InChI is InChI=1S/C10H16O7/c1-4(11)7(14)9(16)10(17,6(3)13)8(15)5(2)12/h4,7,9,11,14,16-17H,1-3H3/t4-,7+,9+,10+/m0/s1. The van der Waals surface area contributed by atoms with Crippen LogP contribution in [0.1, 0.15) is 20.8 Å². The van der Waals surface area contributed by atoms with E-state index in [4.69, 9.17) is 5.11 Å². The largest absolute Gasteiger partial charge is 0.391 e. The molecule has 0 fully saturated rings. The summed E-state index contributed by atoms with van der Waals surface area (Å²) in [6.07, 6.45) is -5.71. The molecule has 0 aliphatic carbocycles. The van der Waals surface area contributed by atoms with E-state index in [0.717, 1.165) is 20.8 Å². The Morgan fingerprint density at radius 1 is 1.06 bits per heavy atom. The number of ketones is 3. The first-order chi connectivity index (χ1) is 7.56. The molecule has 17 heavy (non-hydrogen) atoms. The maximum Gasteiger partial charge on any atom is 0.239 e. The molecule has 0 radical (unpaired) electrons. The molecule has 0 unspecified atom stereocenters. The van der Waals surface area contributed by atoms with Gasteiger partial charge in [-0.2, -0.15) is 0 Å². The Bertz CT molecular complexity index is 336. The average Bonchev–Trinajstić information content (AvgIpc) is 2.23. The molecule has 0 aliphatic rings. The molecule has 0 aromatic heterocycles. The summed E-state index contributed by atoms with van der Waals surface area (Å²) in [5.41, 5.74) is -3.04. The molecule has 0 aromatic rings. The maximum absolute atomic E-state index is 11.4. The summed E-state index contributed by atoms with van der Waals surface area (Å²) in [5, 5.41) is 37.7. The Kier molecular flexibility index (Phi) is 5.09. The zero-order chi connectivity index (χ0) is 14.0. The average molecular weight is 248 g/mol. The van der Waals surface area contributed by atoms with Crippen molar-refractivity contribution in [2.24, 2.45) is 0 Å². The summed E-state index contributed by atoms with van der Waals surface area (Å²) < 4.78 is 0. The molecule has 0 rings (SSSR count). The number of hydrogen-bond donors (Lipinski definition) is 4. The molecule has 0 spiro atoms. The van der Waals surface area contributed by atoms with Crippen LogP contribution in [0.25, 0.3) is 0 Å². The van der Waals surface area contributed by atoms with Gasteiger partial charge in [0.05, 0.1) is 6.10 Å². The molecule has 98 valence electrons. The Labute approximate surface area is 97.7 Å². The maximum atomic E-state index is 11.4. The molecule has 0 saturated carbocycles. The van der Waals surface area contributed by atoms with E-state index in [0.29, 0.717) is 0 Å². The summed E-state index contributed by atoms with van der Waals surface area (Å²) in [5.74, 6) is -3.86. The van der Waals surface area contributed by atoms with E-state index < -0.39 is 41.3 Å². The quantitative estimate of drug-likeness (QED) is 0.303. The van der Waals surface area contributed by atoms with Gasteiger partial charge in [-0.1, -0.05) is 0 Å². The lowest BCUT2D eigenvalue weighted by Crippen LogP contribution is -2.62. The first kappa shape index (κ1) is 15.9. The van der Waals surface area contributed by atoms with Gasteiger partial charge >= 0.3 is 0 Å². The lowest BCUT2D eigenvalue weighted by Gasteiger charge is -2.32. The van der Waals surface area contributed by atoms with Gasteiger partial charge in [0.2, 0.25) is 11.4 Å². The Hall–Kier alpha value is -1.15. The third-order valence-electron chi connectivity index (χ3n) is 2.45. The summed E-state index contributed by atoms with van der Waals surface area (Å²) in [7, 11) is 0. The van der Waals surface area contributed by atoms with Gasteiger partial charge in [-0.3, -0.25) is 14.4 Å². The minimum Gasteiger partial charge on any atom is -0.391 e. The van der Waals surface area contributed by atoms with Crippen LogP contribution in [0.4, 0.5) is 0 Å². The molecule has 7 nitrogen and oxygen atoms in total. The second-order valence-electron chi connectivity index (χ2n) is 3.88. The number of hydrogen-bond acceptors (Lipinski definition) is 7. The molecular formula is C10H16O7. The van der Waals surface area contributed by atoms with Crippen molar-refractivity contribution in [3.63, 3.8) is 0 Å². The lowest BCUT2D eigenvalue weighted by molar-refractivity contribution is -0.179. The molecule has 0 bridgehead atoms. The lowest BCUT2D eigenvalue weighted by atomic mass is 9.82. The second kappa shape index (κ2) is 5.46. The van der Waals surface area contributed by atoms with Crippen LogP contribution in [0.15, 0.2) is 0 Å². The van der Waals surface area contributed by atoms with Gasteiger partial charge in [-0.15, -0.1) is 0 Å². The van der Waals surface area contributed by atoms with Crippen LogP contribution in [0.2, 0.25) is 0 Å². The molecule has 0 heterocycles. The smallest absolute Gasteiger partial charge is 0.239 e. The van der Waals surface area contributed by atoms with Crippen molar-refractivity contribution in [3.05, 3.63) is 0 Å². The van der Waals surface area contributed by atoms with E-state index in [-0.39, 0.29) is 0 Å². The van der Waals surface area contributed by atoms with Gasteiger partial charge in [0.1, 0.15) is 12.2 Å². The molecule has 0 amide bonds. The van der Waals surface area contributed by atoms with Crippen molar-refractivity contribution in [1.82, 2.24) is 0 Å². The minimum absolute atomic E-state index is 0.790. The zero-order valence-corrected chi connectivity index (χ0v) is 9.75. The van der Waals surface area contributed by atoms with Crippen molar-refractivity contribution in [2.75, 3.05) is 0 Å². The predicted molar refractivity (Wildman–Crippen MR) is 55.0 cm³/mol. The van der Waals surface area contributed by atoms with Crippen LogP contribution in [0, 0.1) is 0 Å². The molecule has 4 atom stereocenters. The Morgan fingerprint density at radius 2 is 1.47 bits per heavy atom. The fourth-order valence-corrected chi connectivity index (χ4v) is 1.28. The van der Waals surface area contributed by atoms with E-state index in [1.807, 2.05) is 0 Å². The van der Waals surface area contributed by atoms with E-state index in [1.165, 1.54) is 0 Å². The summed E-state index contributed by atoms with van der Waals surface area (Å²) in [4.78, 5) is 33.5. The number of carbonyl (C=O) groups excluding carboxylic acids is 3. The predicted octanol–water partition coefficient (Wildman–Crippen LogP) is -2.43. The van der Waals surface area contributed by atoms with Crippen LogP contribution in [-0.4, -0.2) is 61.7 Å². The highest BCUT2D eigenvalue weighted by atomic mass is 16.4. The highest BCUT2D eigenvalue weighted by Gasteiger charge is 2.52. The summed E-state index contributed by atoms with van der Waals surface area (Å²) in [6.45, 7) is 2.70. The van der Waals surface area contributed by atoms with Crippen molar-refractivity contribution < 1.29 is 34.8 Å². The minimum atomic E-state index is -3.04. The summed E-state index contributed by atoms with van der Waals surface area (Å²) >= 11 is 0. The zero-order valence-electron chi connectivity index (χ0n) is 9.75. The van der Waals surface area contributed by atoms with Crippen LogP contribution >= 0.6 is 0 Å². The number of carbonyl (C=O) groups is 3. The molecule has 4 N–H and O–H groups in total. The fourth-order valence-electron chi connectivity index (χ4n) is 1.28. The highest BCUT2D eigenvalue weighted by molar-refractivity contribution is 6.44. The molecule has 0 aromatic carbocycles. The highest BCUT2D eigenvalue weighted by Crippen LogP contribution is 2.19. The van der Waals surface area contributed by atoms with Crippen LogP contribution < -0.4 is 0 Å². The van der Waals surface area contributed by atoms with Crippen molar-refractivity contribution in [1.29, 1.82) is 0 Å². The van der Waals surface area contributed by atoms with E-state index >= 15 is 0 Å². The van der Waals surface area contributed by atoms with E-state index in [2.05, 4.69) is 0 Å². The van der Waals surface area contributed by atoms with Crippen molar-refractivity contribution in [3.8, 4) is 0 Å². The molecule has 0 aliphatic heterocycles. The Balaban J connectivity index is 5.44. The second-order valence-corrected chi connectivity index (χ2v) is 3.88.